The van der Waals surface area contributed by atoms with Gasteiger partial charge in [-0.2, -0.15) is 9.50 Å². The fourth-order valence-electron chi connectivity index (χ4n) is 2.72. The van der Waals surface area contributed by atoms with E-state index in [2.05, 4.69) is 51.3 Å². The molecule has 1 N–H and O–H groups in total. The van der Waals surface area contributed by atoms with Gasteiger partial charge in [0.05, 0.1) is 0 Å². The van der Waals surface area contributed by atoms with Crippen LogP contribution in [0, 0.1) is 20.8 Å². The molecular formula is C19H18N6. The molecule has 0 aliphatic carbocycles. The van der Waals surface area contributed by atoms with E-state index in [1.165, 1.54) is 11.1 Å². The lowest BCUT2D eigenvalue weighted by atomic mass is 10.1. The Morgan fingerprint density at radius 1 is 1.00 bits per heavy atom. The largest absolute Gasteiger partial charge is 0.340 e. The summed E-state index contributed by atoms with van der Waals surface area (Å²) in [7, 11) is 0. The molecule has 0 radical (unpaired) electrons. The number of pyridine rings is 1. The van der Waals surface area contributed by atoms with Gasteiger partial charge in [0.15, 0.2) is 5.82 Å². The predicted octanol–water partition coefficient (Wildman–Crippen LogP) is 3.86. The van der Waals surface area contributed by atoms with Crippen molar-refractivity contribution in [2.45, 2.75) is 20.8 Å². The molecule has 0 bridgehead atoms. The van der Waals surface area contributed by atoms with Crippen molar-refractivity contribution in [1.82, 2.24) is 24.6 Å². The highest BCUT2D eigenvalue weighted by Gasteiger charge is 2.12. The maximum absolute atomic E-state index is 4.61. The molecule has 0 unspecified atom stereocenters. The highest BCUT2D eigenvalue weighted by molar-refractivity contribution is 5.65. The fourth-order valence-corrected chi connectivity index (χ4v) is 2.72. The van der Waals surface area contributed by atoms with Crippen LogP contribution in [0.1, 0.15) is 16.8 Å². The maximum Gasteiger partial charge on any atom is 0.254 e. The topological polar surface area (TPSA) is 68.0 Å². The van der Waals surface area contributed by atoms with Gasteiger partial charge in [0, 0.05) is 35.4 Å². The second-order valence-electron chi connectivity index (χ2n) is 6.04. The Morgan fingerprint density at radius 3 is 2.68 bits per heavy atom. The average molecular weight is 330 g/mol. The fraction of sp³-hybridized carbons (Fsp3) is 0.158. The normalized spacial score (nSPS) is 11.0. The van der Waals surface area contributed by atoms with Crippen molar-refractivity contribution in [2.75, 3.05) is 5.32 Å². The Bertz CT molecular complexity index is 1050. The van der Waals surface area contributed by atoms with Gasteiger partial charge in [-0.05, 0) is 50.1 Å². The molecule has 6 nitrogen and oxygen atoms in total. The lowest BCUT2D eigenvalue weighted by Crippen LogP contribution is -2.04. The van der Waals surface area contributed by atoms with Gasteiger partial charge >= 0.3 is 0 Å². The van der Waals surface area contributed by atoms with E-state index in [4.69, 9.17) is 0 Å². The first-order valence-electron chi connectivity index (χ1n) is 8.10. The summed E-state index contributed by atoms with van der Waals surface area (Å²) in [5, 5.41) is 8.08. The first-order valence-corrected chi connectivity index (χ1v) is 8.10. The minimum atomic E-state index is 0.562. The summed E-state index contributed by atoms with van der Waals surface area (Å²) < 4.78 is 1.73. The molecule has 0 saturated heterocycles. The van der Waals surface area contributed by atoms with Crippen LogP contribution in [-0.2, 0) is 0 Å². The van der Waals surface area contributed by atoms with Crippen LogP contribution < -0.4 is 5.32 Å². The number of aryl methyl sites for hydroxylation is 2. The van der Waals surface area contributed by atoms with Gasteiger partial charge in [0.1, 0.15) is 5.82 Å². The number of hydrogen-bond acceptors (Lipinski definition) is 5. The van der Waals surface area contributed by atoms with Crippen LogP contribution in [0.15, 0.2) is 48.8 Å². The molecule has 25 heavy (non-hydrogen) atoms. The summed E-state index contributed by atoms with van der Waals surface area (Å²) >= 11 is 0. The monoisotopic (exact) mass is 330 g/mol. The number of fused-ring (bicyclic) bond motifs is 1. The smallest absolute Gasteiger partial charge is 0.254 e. The zero-order valence-electron chi connectivity index (χ0n) is 14.4. The SMILES string of the molecule is Cc1cc(Nc2cccc(C)c2C)n2nc(-c3cccnc3)nc2n1. The molecule has 3 heterocycles. The zero-order valence-corrected chi connectivity index (χ0v) is 14.4. The summed E-state index contributed by atoms with van der Waals surface area (Å²) in [4.78, 5) is 13.2. The van der Waals surface area contributed by atoms with E-state index in [1.807, 2.05) is 31.2 Å². The van der Waals surface area contributed by atoms with Gasteiger partial charge in [-0.15, -0.1) is 5.10 Å². The number of rotatable bonds is 3. The summed E-state index contributed by atoms with van der Waals surface area (Å²) in [5.74, 6) is 2.00. The van der Waals surface area contributed by atoms with Crippen LogP contribution in [0.5, 0.6) is 0 Å². The summed E-state index contributed by atoms with van der Waals surface area (Å²) in [6, 6.07) is 12.0. The Labute approximate surface area is 145 Å². The molecule has 4 aromatic rings. The first kappa shape index (κ1) is 15.3. The van der Waals surface area contributed by atoms with Crippen molar-refractivity contribution in [3.63, 3.8) is 0 Å². The van der Waals surface area contributed by atoms with E-state index >= 15 is 0 Å². The average Bonchev–Trinajstić information content (AvgIpc) is 3.04. The maximum atomic E-state index is 4.61. The van der Waals surface area contributed by atoms with E-state index in [-0.39, 0.29) is 0 Å². The van der Waals surface area contributed by atoms with E-state index in [0.717, 1.165) is 22.8 Å². The van der Waals surface area contributed by atoms with Crippen LogP contribution in [0.3, 0.4) is 0 Å². The summed E-state index contributed by atoms with van der Waals surface area (Å²) in [6.45, 7) is 6.15. The molecule has 0 amide bonds. The van der Waals surface area contributed by atoms with Crippen molar-refractivity contribution in [2.24, 2.45) is 0 Å². The number of hydrogen-bond donors (Lipinski definition) is 1. The Kier molecular flexibility index (Phi) is 3.65. The summed E-state index contributed by atoms with van der Waals surface area (Å²) in [6.07, 6.45) is 3.48. The molecule has 0 saturated carbocycles. The molecule has 0 spiro atoms. The molecule has 6 heteroatoms. The Hall–Kier alpha value is -3.28. The minimum Gasteiger partial charge on any atom is -0.340 e. The van der Waals surface area contributed by atoms with Gasteiger partial charge in [0.25, 0.3) is 5.78 Å². The van der Waals surface area contributed by atoms with E-state index in [1.54, 1.807) is 16.9 Å². The van der Waals surface area contributed by atoms with Crippen molar-refractivity contribution < 1.29 is 0 Å². The number of nitrogens with zero attached hydrogens (tertiary/aromatic N) is 5. The number of nitrogens with one attached hydrogen (secondary N) is 1. The lowest BCUT2D eigenvalue weighted by molar-refractivity contribution is 0.939. The first-order chi connectivity index (χ1) is 12.1. The molecule has 3 aromatic heterocycles. The molecule has 124 valence electrons. The Morgan fingerprint density at radius 2 is 1.88 bits per heavy atom. The third kappa shape index (κ3) is 2.82. The Balaban J connectivity index is 1.83. The number of anilines is 2. The predicted molar refractivity (Wildman–Crippen MR) is 97.9 cm³/mol. The van der Waals surface area contributed by atoms with Gasteiger partial charge in [-0.1, -0.05) is 12.1 Å². The second kappa shape index (κ2) is 5.98. The third-order valence-corrected chi connectivity index (χ3v) is 4.23. The van der Waals surface area contributed by atoms with Crippen molar-refractivity contribution in [3.8, 4) is 11.4 Å². The van der Waals surface area contributed by atoms with Gasteiger partial charge in [-0.25, -0.2) is 4.98 Å². The van der Waals surface area contributed by atoms with Crippen LogP contribution in [0.2, 0.25) is 0 Å². The van der Waals surface area contributed by atoms with Gasteiger partial charge < -0.3 is 5.32 Å². The standard InChI is InChI=1S/C19H18N6/c1-12-6-4-8-16(14(12)3)22-17-10-13(2)21-19-23-18(24-25(17)19)15-7-5-9-20-11-15/h4-11,22H,1-3H3. The quantitative estimate of drug-likeness (QED) is 0.618. The van der Waals surface area contributed by atoms with E-state index in [0.29, 0.717) is 11.6 Å². The van der Waals surface area contributed by atoms with Crippen LogP contribution >= 0.6 is 0 Å². The van der Waals surface area contributed by atoms with Crippen LogP contribution in [0.4, 0.5) is 11.5 Å². The highest BCUT2D eigenvalue weighted by atomic mass is 15.4. The van der Waals surface area contributed by atoms with Crippen molar-refractivity contribution in [1.29, 1.82) is 0 Å². The number of aromatic nitrogens is 5. The molecular weight excluding hydrogens is 312 g/mol. The molecule has 0 fully saturated rings. The second-order valence-corrected chi connectivity index (χ2v) is 6.04. The molecule has 0 aliphatic rings. The molecule has 1 aromatic carbocycles. The molecule has 0 atom stereocenters. The number of benzene rings is 1. The van der Waals surface area contributed by atoms with E-state index in [9.17, 15) is 0 Å². The molecule has 0 aliphatic heterocycles. The van der Waals surface area contributed by atoms with Gasteiger partial charge in [0.2, 0.25) is 0 Å². The van der Waals surface area contributed by atoms with E-state index < -0.39 is 0 Å². The highest BCUT2D eigenvalue weighted by Crippen LogP contribution is 2.24. The molecule has 4 rings (SSSR count). The van der Waals surface area contributed by atoms with Crippen molar-refractivity contribution >= 4 is 17.3 Å². The van der Waals surface area contributed by atoms with Crippen LogP contribution in [0.25, 0.3) is 17.2 Å². The lowest BCUT2D eigenvalue weighted by Gasteiger charge is -2.12. The zero-order chi connectivity index (χ0) is 17.4. The minimum absolute atomic E-state index is 0.562. The third-order valence-electron chi connectivity index (χ3n) is 4.23. The summed E-state index contributed by atoms with van der Waals surface area (Å²) in [5.41, 5.74) is 5.23. The van der Waals surface area contributed by atoms with Gasteiger partial charge in [-0.3, -0.25) is 4.98 Å². The van der Waals surface area contributed by atoms with Crippen LogP contribution in [-0.4, -0.2) is 24.6 Å². The van der Waals surface area contributed by atoms with Crippen molar-refractivity contribution in [3.05, 3.63) is 65.6 Å².